The van der Waals surface area contributed by atoms with Gasteiger partial charge in [-0.1, -0.05) is 37.3 Å². The Labute approximate surface area is 144 Å². The third kappa shape index (κ3) is 2.70. The van der Waals surface area contributed by atoms with Gasteiger partial charge in [-0.15, -0.1) is 0 Å². The van der Waals surface area contributed by atoms with Crippen molar-refractivity contribution in [1.29, 1.82) is 0 Å². The van der Waals surface area contributed by atoms with Crippen LogP contribution in [0, 0.1) is 0 Å². The second-order valence-corrected chi connectivity index (χ2v) is 5.69. The quantitative estimate of drug-likeness (QED) is 0.428. The predicted molar refractivity (Wildman–Crippen MR) is 100 cm³/mol. The minimum atomic E-state index is -0.167. The summed E-state index contributed by atoms with van der Waals surface area (Å²) >= 11 is 0. The third-order valence-corrected chi connectivity index (χ3v) is 4.10. The number of aromatic nitrogens is 3. The maximum Gasteiger partial charge on any atom is 0.282 e. The molecular weight excluding hydrogens is 312 g/mol. The van der Waals surface area contributed by atoms with Gasteiger partial charge >= 0.3 is 0 Å². The number of hydrogen-bond donors (Lipinski definition) is 0. The van der Waals surface area contributed by atoms with Crippen LogP contribution in [0.2, 0.25) is 0 Å². The molecule has 0 radical (unpaired) electrons. The molecule has 5 nitrogen and oxygen atoms in total. The molecule has 0 fully saturated rings. The first-order valence-corrected chi connectivity index (χ1v) is 8.16. The Kier molecular flexibility index (Phi) is 3.82. The van der Waals surface area contributed by atoms with E-state index in [2.05, 4.69) is 10.1 Å². The number of fused-ring (bicyclic) bond motifs is 3. The normalized spacial score (nSPS) is 11.6. The summed E-state index contributed by atoms with van der Waals surface area (Å²) < 4.78 is 1.39. The van der Waals surface area contributed by atoms with E-state index < -0.39 is 0 Å². The van der Waals surface area contributed by atoms with Crippen LogP contribution >= 0.6 is 0 Å². The minimum Gasteiger partial charge on any atom is -0.267 e. The molecule has 0 N–H and O–H groups in total. The third-order valence-electron chi connectivity index (χ3n) is 4.10. The van der Waals surface area contributed by atoms with Gasteiger partial charge < -0.3 is 0 Å². The summed E-state index contributed by atoms with van der Waals surface area (Å²) in [6.45, 7) is 1.96. The fourth-order valence-corrected chi connectivity index (χ4v) is 2.85. The number of benzene rings is 2. The molecule has 0 saturated carbocycles. The van der Waals surface area contributed by atoms with E-state index in [0.29, 0.717) is 23.1 Å². The SMILES string of the molecule is CCc1nc2c(ccc3ncccc32)c(=O)n1/N=C/c1ccccc1. The molecule has 5 heteroatoms. The Morgan fingerprint density at radius 3 is 2.68 bits per heavy atom. The maximum atomic E-state index is 13.0. The van der Waals surface area contributed by atoms with Crippen molar-refractivity contribution in [2.45, 2.75) is 13.3 Å². The van der Waals surface area contributed by atoms with Gasteiger partial charge in [-0.3, -0.25) is 9.78 Å². The van der Waals surface area contributed by atoms with E-state index in [9.17, 15) is 4.79 Å². The molecule has 0 spiro atoms. The van der Waals surface area contributed by atoms with Crippen molar-refractivity contribution in [1.82, 2.24) is 14.6 Å². The van der Waals surface area contributed by atoms with Gasteiger partial charge in [-0.05, 0) is 29.8 Å². The Bertz CT molecular complexity index is 1150. The molecule has 4 rings (SSSR count). The molecule has 0 bridgehead atoms. The second-order valence-electron chi connectivity index (χ2n) is 5.69. The highest BCUT2D eigenvalue weighted by Crippen LogP contribution is 2.20. The van der Waals surface area contributed by atoms with Crippen molar-refractivity contribution in [3.05, 3.63) is 82.5 Å². The standard InChI is InChI=1S/C20H16N4O/c1-2-18-23-19-15-9-6-12-21-17(15)11-10-16(19)20(25)24(18)22-13-14-7-4-3-5-8-14/h3-13H,2H2,1H3/b22-13+. The van der Waals surface area contributed by atoms with Gasteiger partial charge in [0, 0.05) is 18.0 Å². The molecule has 122 valence electrons. The van der Waals surface area contributed by atoms with Crippen LogP contribution in [0.25, 0.3) is 21.8 Å². The van der Waals surface area contributed by atoms with Crippen LogP contribution in [0.1, 0.15) is 18.3 Å². The van der Waals surface area contributed by atoms with Crippen molar-refractivity contribution in [2.75, 3.05) is 0 Å². The lowest BCUT2D eigenvalue weighted by Gasteiger charge is -2.09. The molecule has 25 heavy (non-hydrogen) atoms. The van der Waals surface area contributed by atoms with E-state index in [1.807, 2.05) is 55.5 Å². The first kappa shape index (κ1) is 15.2. The average molecular weight is 328 g/mol. The van der Waals surface area contributed by atoms with Gasteiger partial charge in [0.05, 0.1) is 22.6 Å². The molecular formula is C20H16N4O. The minimum absolute atomic E-state index is 0.167. The number of hydrogen-bond acceptors (Lipinski definition) is 4. The van der Waals surface area contributed by atoms with E-state index in [0.717, 1.165) is 16.5 Å². The van der Waals surface area contributed by atoms with E-state index >= 15 is 0 Å². The Morgan fingerprint density at radius 1 is 1.04 bits per heavy atom. The van der Waals surface area contributed by atoms with Gasteiger partial charge in [-0.2, -0.15) is 9.78 Å². The van der Waals surface area contributed by atoms with E-state index in [1.165, 1.54) is 4.68 Å². The van der Waals surface area contributed by atoms with Crippen molar-refractivity contribution >= 4 is 28.0 Å². The zero-order chi connectivity index (χ0) is 17.2. The Morgan fingerprint density at radius 2 is 1.88 bits per heavy atom. The van der Waals surface area contributed by atoms with Crippen molar-refractivity contribution in [2.24, 2.45) is 5.10 Å². The topological polar surface area (TPSA) is 60.1 Å². The highest BCUT2D eigenvalue weighted by atomic mass is 16.1. The van der Waals surface area contributed by atoms with Gasteiger partial charge in [0.25, 0.3) is 5.56 Å². The predicted octanol–water partition coefficient (Wildman–Crippen LogP) is 3.39. The maximum absolute atomic E-state index is 13.0. The first-order chi connectivity index (χ1) is 12.3. The molecule has 0 aliphatic carbocycles. The first-order valence-electron chi connectivity index (χ1n) is 8.16. The summed E-state index contributed by atoms with van der Waals surface area (Å²) in [5, 5.41) is 5.80. The lowest BCUT2D eigenvalue weighted by Crippen LogP contribution is -2.22. The summed E-state index contributed by atoms with van der Waals surface area (Å²) in [6, 6.07) is 17.1. The smallest absolute Gasteiger partial charge is 0.267 e. The van der Waals surface area contributed by atoms with Crippen LogP contribution in [0.15, 0.2) is 70.7 Å². The molecule has 0 aliphatic rings. The molecule has 2 aromatic heterocycles. The number of rotatable bonds is 3. The van der Waals surface area contributed by atoms with Crippen LogP contribution in [-0.4, -0.2) is 20.9 Å². The highest BCUT2D eigenvalue weighted by Gasteiger charge is 2.12. The van der Waals surface area contributed by atoms with Crippen molar-refractivity contribution < 1.29 is 0 Å². The van der Waals surface area contributed by atoms with E-state index in [1.54, 1.807) is 18.5 Å². The van der Waals surface area contributed by atoms with Gasteiger partial charge in [0.2, 0.25) is 0 Å². The van der Waals surface area contributed by atoms with Crippen LogP contribution in [-0.2, 0) is 6.42 Å². The molecule has 0 unspecified atom stereocenters. The fraction of sp³-hybridized carbons (Fsp3) is 0.100. The number of nitrogens with zero attached hydrogens (tertiary/aromatic N) is 4. The van der Waals surface area contributed by atoms with Gasteiger partial charge in [0.15, 0.2) is 0 Å². The zero-order valence-corrected chi connectivity index (χ0v) is 13.8. The second kappa shape index (κ2) is 6.28. The van der Waals surface area contributed by atoms with Crippen LogP contribution < -0.4 is 5.56 Å². The molecule has 0 atom stereocenters. The van der Waals surface area contributed by atoms with Crippen molar-refractivity contribution in [3.63, 3.8) is 0 Å². The summed E-state index contributed by atoms with van der Waals surface area (Å²) in [6.07, 6.45) is 4.02. The Hall–Kier alpha value is -3.34. The summed E-state index contributed by atoms with van der Waals surface area (Å²) in [5.74, 6) is 0.626. The van der Waals surface area contributed by atoms with Gasteiger partial charge in [0.1, 0.15) is 5.82 Å². The van der Waals surface area contributed by atoms with E-state index in [4.69, 9.17) is 4.98 Å². The summed E-state index contributed by atoms with van der Waals surface area (Å²) in [5.41, 5.74) is 2.27. The monoisotopic (exact) mass is 328 g/mol. The molecule has 0 saturated heterocycles. The lowest BCUT2D eigenvalue weighted by molar-refractivity contribution is 0.735. The molecule has 2 aromatic carbocycles. The van der Waals surface area contributed by atoms with Crippen LogP contribution in [0.4, 0.5) is 0 Å². The molecule has 0 aliphatic heterocycles. The molecule has 2 heterocycles. The average Bonchev–Trinajstić information content (AvgIpc) is 2.67. The number of pyridine rings is 1. The van der Waals surface area contributed by atoms with Crippen molar-refractivity contribution in [3.8, 4) is 0 Å². The fourth-order valence-electron chi connectivity index (χ4n) is 2.85. The Balaban J connectivity index is 1.96. The van der Waals surface area contributed by atoms with Crippen LogP contribution in [0.5, 0.6) is 0 Å². The van der Waals surface area contributed by atoms with Crippen LogP contribution in [0.3, 0.4) is 0 Å². The largest absolute Gasteiger partial charge is 0.282 e. The lowest BCUT2D eigenvalue weighted by atomic mass is 10.1. The molecule has 0 amide bonds. The molecule has 4 aromatic rings. The summed E-state index contributed by atoms with van der Waals surface area (Å²) in [7, 11) is 0. The summed E-state index contributed by atoms with van der Waals surface area (Å²) in [4.78, 5) is 22.0. The highest BCUT2D eigenvalue weighted by molar-refractivity contribution is 6.03. The van der Waals surface area contributed by atoms with Gasteiger partial charge in [-0.25, -0.2) is 4.98 Å². The number of aryl methyl sites for hydroxylation is 1. The zero-order valence-electron chi connectivity index (χ0n) is 13.8. The van der Waals surface area contributed by atoms with E-state index in [-0.39, 0.29) is 5.56 Å².